The number of nitrogens with zero attached hydrogens (tertiary/aromatic N) is 1. The molecule has 1 aliphatic carbocycles. The van der Waals surface area contributed by atoms with E-state index in [0.29, 0.717) is 24.8 Å². The topological polar surface area (TPSA) is 96.3 Å². The van der Waals surface area contributed by atoms with Crippen LogP contribution in [0.25, 0.3) is 11.6 Å². The van der Waals surface area contributed by atoms with Gasteiger partial charge in [-0.3, -0.25) is 14.5 Å². The van der Waals surface area contributed by atoms with Crippen molar-refractivity contribution in [1.29, 1.82) is 0 Å². The van der Waals surface area contributed by atoms with Crippen molar-refractivity contribution in [3.63, 3.8) is 0 Å². The lowest BCUT2D eigenvalue weighted by molar-refractivity contribution is -0.140. The molecule has 0 bridgehead atoms. The molecule has 7 nitrogen and oxygen atoms in total. The van der Waals surface area contributed by atoms with Crippen LogP contribution in [-0.2, 0) is 25.2 Å². The van der Waals surface area contributed by atoms with E-state index in [4.69, 9.17) is 9.08 Å². The van der Waals surface area contributed by atoms with E-state index in [1.807, 2.05) is 66.1 Å². The van der Waals surface area contributed by atoms with Crippen LogP contribution < -0.4 is 10.4 Å². The number of phenolic OH excluding ortho intramolecular Hbond substituents is 1. The summed E-state index contributed by atoms with van der Waals surface area (Å²) in [4.78, 5) is 31.2. The summed E-state index contributed by atoms with van der Waals surface area (Å²) in [5.41, 5.74) is 4.36. The molecule has 11 heteroatoms. The van der Waals surface area contributed by atoms with Gasteiger partial charge in [0.25, 0.3) is 8.32 Å². The fraction of sp³-hybridized carbons (Fsp3) is 0.292. The van der Waals surface area contributed by atoms with Crippen LogP contribution >= 0.6 is 11.3 Å². The maximum absolute atomic E-state index is 14.5. The summed E-state index contributed by atoms with van der Waals surface area (Å²) in [7, 11) is -4.16. The van der Waals surface area contributed by atoms with Crippen LogP contribution in [0.1, 0.15) is 56.0 Å². The Bertz CT molecular complexity index is 2310. The lowest BCUT2D eigenvalue weighted by Gasteiger charge is -2.46. The first kappa shape index (κ1) is 40.9. The van der Waals surface area contributed by atoms with Crippen LogP contribution in [0.15, 0.2) is 138 Å². The van der Waals surface area contributed by atoms with E-state index in [9.17, 15) is 24.1 Å². The normalized spacial score (nSPS) is 21.2. The van der Waals surface area contributed by atoms with Crippen molar-refractivity contribution in [2.75, 3.05) is 6.61 Å². The molecule has 59 heavy (non-hydrogen) atoms. The number of imide groups is 1. The SMILES string of the molecule is CC(C)(C)[Si](OCC1=C2[C@@H](CC/C(=C/c3ccc(O)c(F)c3)c3ccccc3)OB(O)C[C@@H]2[C@@H]2C(=O)N(Cc3cccs3)C(=O)[C@@H]2C1)(c1ccccc1)c1ccccc1. The second kappa shape index (κ2) is 17.0. The standard InChI is InChI=1S/C48H49BFNO6SSi/c1-48(2,3)59(37-17-9-5-10-18-37,38-19-11-6-12-20-38)56-31-35-28-39-45(47(54)51(46(39)53)30-36-16-13-25-58-36)40-29-49(55)57-43(44(35)40)24-22-34(33-14-7-4-8-15-33)26-32-21-23-42(52)41(50)27-32/h4-21,23,25-27,39-40,43,45,52,55H,22,24,28-31H2,1-3H3/b34-26-/t39-,40+,43-,45-/m1/s1. The average molecular weight is 826 g/mol. The van der Waals surface area contributed by atoms with Crippen LogP contribution in [0.5, 0.6) is 5.75 Å². The van der Waals surface area contributed by atoms with Crippen LogP contribution in [-0.4, -0.2) is 55.0 Å². The third-order valence-electron chi connectivity index (χ3n) is 12.3. The van der Waals surface area contributed by atoms with E-state index in [1.54, 1.807) is 6.07 Å². The minimum atomic E-state index is -3.02. The van der Waals surface area contributed by atoms with E-state index in [2.05, 4.69) is 69.3 Å². The molecule has 2 saturated heterocycles. The Kier molecular flexibility index (Phi) is 11.8. The number of thiophene rings is 1. The predicted molar refractivity (Wildman–Crippen MR) is 235 cm³/mol. The summed E-state index contributed by atoms with van der Waals surface area (Å²) in [6.45, 7) is 7.17. The number of rotatable bonds is 12. The molecule has 2 aliphatic heterocycles. The number of phenols is 1. The zero-order chi connectivity index (χ0) is 41.3. The molecule has 3 aliphatic rings. The third-order valence-corrected chi connectivity index (χ3v) is 18.1. The summed E-state index contributed by atoms with van der Waals surface area (Å²) in [5, 5.41) is 25.2. The molecule has 8 rings (SSSR count). The number of carbonyl (C=O) groups excluding carboxylic acids is 2. The fourth-order valence-electron chi connectivity index (χ4n) is 9.69. The van der Waals surface area contributed by atoms with Gasteiger partial charge in [-0.1, -0.05) is 130 Å². The molecule has 0 spiro atoms. The minimum absolute atomic E-state index is 0.177. The van der Waals surface area contributed by atoms with Crippen LogP contribution in [0.3, 0.4) is 0 Å². The smallest absolute Gasteiger partial charge is 0.455 e. The molecule has 2 fully saturated rings. The van der Waals surface area contributed by atoms with E-state index >= 15 is 0 Å². The zero-order valence-corrected chi connectivity index (χ0v) is 35.4. The maximum Gasteiger partial charge on any atom is 0.455 e. The maximum atomic E-state index is 14.5. The highest BCUT2D eigenvalue weighted by Gasteiger charge is 2.58. The molecule has 0 radical (unpaired) electrons. The Morgan fingerprint density at radius 3 is 2.19 bits per heavy atom. The lowest BCUT2D eigenvalue weighted by atomic mass is 9.58. The van der Waals surface area contributed by atoms with Gasteiger partial charge in [0.1, 0.15) is 0 Å². The Balaban J connectivity index is 1.21. The van der Waals surface area contributed by atoms with Crippen molar-refractivity contribution in [2.45, 2.75) is 64.0 Å². The van der Waals surface area contributed by atoms with Crippen molar-refractivity contribution in [3.8, 4) is 5.75 Å². The number of amides is 2. The summed E-state index contributed by atoms with van der Waals surface area (Å²) >= 11 is 1.52. The molecule has 4 atom stereocenters. The number of fused-ring (bicyclic) bond motifs is 3. The molecule has 2 amide bonds. The molecule has 3 heterocycles. The number of benzene rings is 4. The van der Waals surface area contributed by atoms with Gasteiger partial charge in [-0.2, -0.15) is 0 Å². The number of hydrogen-bond acceptors (Lipinski definition) is 7. The second-order valence-corrected chi connectivity index (χ2v) is 22.2. The molecule has 0 unspecified atom stereocenters. The van der Waals surface area contributed by atoms with Gasteiger partial charge in [0.15, 0.2) is 11.6 Å². The van der Waals surface area contributed by atoms with Gasteiger partial charge in [-0.15, -0.1) is 11.3 Å². The second-order valence-electron chi connectivity index (χ2n) is 16.9. The van der Waals surface area contributed by atoms with Gasteiger partial charge >= 0.3 is 7.12 Å². The summed E-state index contributed by atoms with van der Waals surface area (Å²) in [6, 6.07) is 38.9. The number of likely N-dealkylation sites (tertiary alicyclic amines) is 1. The predicted octanol–water partition coefficient (Wildman–Crippen LogP) is 8.49. The van der Waals surface area contributed by atoms with E-state index in [1.165, 1.54) is 28.4 Å². The van der Waals surface area contributed by atoms with Crippen LogP contribution in [0.2, 0.25) is 11.4 Å². The number of carbonyl (C=O) groups is 2. The summed E-state index contributed by atoms with van der Waals surface area (Å²) in [5.74, 6) is -3.13. The molecular weight excluding hydrogens is 776 g/mol. The first-order valence-corrected chi connectivity index (χ1v) is 23.2. The number of hydrogen-bond donors (Lipinski definition) is 2. The van der Waals surface area contributed by atoms with Crippen molar-refractivity contribution in [2.24, 2.45) is 17.8 Å². The van der Waals surface area contributed by atoms with Gasteiger partial charge < -0.3 is 19.2 Å². The molecule has 0 saturated carbocycles. The Morgan fingerprint density at radius 1 is 0.915 bits per heavy atom. The van der Waals surface area contributed by atoms with Crippen LogP contribution in [0.4, 0.5) is 4.39 Å². The molecule has 4 aromatic carbocycles. The van der Waals surface area contributed by atoms with Crippen molar-refractivity contribution >= 4 is 60.6 Å². The average Bonchev–Trinajstić information content (AvgIpc) is 3.84. The van der Waals surface area contributed by atoms with E-state index in [-0.39, 0.29) is 36.3 Å². The molecule has 1 aromatic heterocycles. The van der Waals surface area contributed by atoms with Crippen molar-refractivity contribution in [1.82, 2.24) is 4.90 Å². The van der Waals surface area contributed by atoms with Crippen molar-refractivity contribution in [3.05, 3.63) is 160 Å². The first-order chi connectivity index (χ1) is 28.4. The highest BCUT2D eigenvalue weighted by molar-refractivity contribution is 7.09. The van der Waals surface area contributed by atoms with Gasteiger partial charge in [0, 0.05) is 4.88 Å². The third kappa shape index (κ3) is 8.06. The Labute approximate surface area is 351 Å². The molecule has 2 N–H and O–H groups in total. The van der Waals surface area contributed by atoms with E-state index in [0.717, 1.165) is 37.5 Å². The van der Waals surface area contributed by atoms with Gasteiger partial charge in [-0.25, -0.2) is 4.39 Å². The highest BCUT2D eigenvalue weighted by Crippen LogP contribution is 2.51. The largest absolute Gasteiger partial charge is 0.505 e. The zero-order valence-electron chi connectivity index (χ0n) is 33.6. The molecule has 302 valence electrons. The molecular formula is C48H49BFNO6SSi. The monoisotopic (exact) mass is 825 g/mol. The summed E-state index contributed by atoms with van der Waals surface area (Å²) in [6.07, 6.45) is 2.81. The lowest BCUT2D eigenvalue weighted by Crippen LogP contribution is -2.66. The number of aromatic hydroxyl groups is 1. The van der Waals surface area contributed by atoms with Crippen LogP contribution in [0, 0.1) is 23.6 Å². The first-order valence-electron chi connectivity index (χ1n) is 20.4. The minimum Gasteiger partial charge on any atom is -0.505 e. The number of halogens is 1. The Hall–Kier alpha value is -4.91. The fourth-order valence-corrected chi connectivity index (χ4v) is 14.9. The van der Waals surface area contributed by atoms with Gasteiger partial charge in [0.05, 0.1) is 31.1 Å². The van der Waals surface area contributed by atoms with Gasteiger partial charge in [-0.05, 0) is 98.3 Å². The Morgan fingerprint density at radius 2 is 1.58 bits per heavy atom. The van der Waals surface area contributed by atoms with Crippen molar-refractivity contribution < 1.29 is 33.2 Å². The highest BCUT2D eigenvalue weighted by atomic mass is 32.1. The quantitative estimate of drug-likeness (QED) is 0.0568. The number of allylic oxidation sites excluding steroid dienone is 1. The van der Waals surface area contributed by atoms with Gasteiger partial charge in [0.2, 0.25) is 11.8 Å². The molecule has 5 aromatic rings. The summed E-state index contributed by atoms with van der Waals surface area (Å²) < 4.78 is 28.5. The van der Waals surface area contributed by atoms with E-state index < -0.39 is 50.9 Å².